The summed E-state index contributed by atoms with van der Waals surface area (Å²) in [6, 6.07) is 5.48. The molecule has 0 atom stereocenters. The van der Waals surface area contributed by atoms with E-state index in [0.717, 1.165) is 10.8 Å². The SMILES string of the molecule is CCSc1ccc(N)c(C#N)n1. The summed E-state index contributed by atoms with van der Waals surface area (Å²) in [6.45, 7) is 2.04. The van der Waals surface area contributed by atoms with Crippen LogP contribution in [0.15, 0.2) is 17.2 Å². The molecule has 1 aromatic heterocycles. The molecule has 0 aliphatic rings. The maximum Gasteiger partial charge on any atom is 0.164 e. The number of rotatable bonds is 2. The number of thioether (sulfide) groups is 1. The Bertz CT molecular complexity index is 317. The Kier molecular flexibility index (Phi) is 2.94. The van der Waals surface area contributed by atoms with Gasteiger partial charge in [-0.05, 0) is 17.9 Å². The molecule has 0 fully saturated rings. The van der Waals surface area contributed by atoms with E-state index >= 15 is 0 Å². The number of hydrogen-bond donors (Lipinski definition) is 1. The zero-order valence-electron chi connectivity index (χ0n) is 6.74. The van der Waals surface area contributed by atoms with E-state index in [0.29, 0.717) is 11.4 Å². The van der Waals surface area contributed by atoms with Gasteiger partial charge in [-0.3, -0.25) is 0 Å². The number of nitriles is 1. The monoisotopic (exact) mass is 179 g/mol. The molecule has 0 aromatic carbocycles. The zero-order chi connectivity index (χ0) is 8.97. The fourth-order valence-corrected chi connectivity index (χ4v) is 1.39. The van der Waals surface area contributed by atoms with Gasteiger partial charge in [0.15, 0.2) is 5.69 Å². The third-order valence-corrected chi connectivity index (χ3v) is 2.11. The molecule has 2 N–H and O–H groups in total. The molecule has 0 bridgehead atoms. The first-order valence-corrected chi connectivity index (χ1v) is 4.56. The Hall–Kier alpha value is -1.21. The van der Waals surface area contributed by atoms with Crippen molar-refractivity contribution in [3.63, 3.8) is 0 Å². The van der Waals surface area contributed by atoms with Crippen molar-refractivity contribution in [2.75, 3.05) is 11.5 Å². The number of nitrogens with zero attached hydrogens (tertiary/aromatic N) is 2. The lowest BCUT2D eigenvalue weighted by molar-refractivity contribution is 1.11. The van der Waals surface area contributed by atoms with Crippen LogP contribution in [0, 0.1) is 11.3 Å². The first-order valence-electron chi connectivity index (χ1n) is 3.57. The van der Waals surface area contributed by atoms with Crippen LogP contribution >= 0.6 is 11.8 Å². The minimum Gasteiger partial charge on any atom is -0.396 e. The highest BCUT2D eigenvalue weighted by Crippen LogP contribution is 2.17. The Morgan fingerprint density at radius 3 is 3.00 bits per heavy atom. The van der Waals surface area contributed by atoms with E-state index in [1.807, 2.05) is 19.1 Å². The Balaban J connectivity index is 2.99. The van der Waals surface area contributed by atoms with E-state index in [9.17, 15) is 0 Å². The molecule has 4 heteroatoms. The third kappa shape index (κ3) is 1.89. The van der Waals surface area contributed by atoms with Crippen molar-refractivity contribution >= 4 is 17.4 Å². The standard InChI is InChI=1S/C8H9N3S/c1-2-12-8-4-3-6(10)7(5-9)11-8/h3-4H,2,10H2,1H3. The van der Waals surface area contributed by atoms with E-state index in [-0.39, 0.29) is 0 Å². The lowest BCUT2D eigenvalue weighted by Gasteiger charge is -1.99. The van der Waals surface area contributed by atoms with E-state index in [1.165, 1.54) is 0 Å². The van der Waals surface area contributed by atoms with E-state index in [1.54, 1.807) is 17.8 Å². The summed E-state index contributed by atoms with van der Waals surface area (Å²) in [5, 5.41) is 9.46. The van der Waals surface area contributed by atoms with Crippen LogP contribution in [0.3, 0.4) is 0 Å². The fourth-order valence-electron chi connectivity index (χ4n) is 0.770. The first-order chi connectivity index (χ1) is 5.77. The number of hydrogen-bond acceptors (Lipinski definition) is 4. The van der Waals surface area contributed by atoms with Gasteiger partial charge >= 0.3 is 0 Å². The van der Waals surface area contributed by atoms with Gasteiger partial charge in [0.1, 0.15) is 6.07 Å². The smallest absolute Gasteiger partial charge is 0.164 e. The van der Waals surface area contributed by atoms with Crippen LogP contribution in [0.25, 0.3) is 0 Å². The molecule has 0 unspecified atom stereocenters. The number of nitrogens with two attached hydrogens (primary N) is 1. The van der Waals surface area contributed by atoms with Gasteiger partial charge in [-0.1, -0.05) is 6.92 Å². The van der Waals surface area contributed by atoms with Crippen molar-refractivity contribution in [2.24, 2.45) is 0 Å². The van der Waals surface area contributed by atoms with Crippen LogP contribution in [0.1, 0.15) is 12.6 Å². The minimum atomic E-state index is 0.313. The van der Waals surface area contributed by atoms with Crippen molar-refractivity contribution in [3.8, 4) is 6.07 Å². The first kappa shape index (κ1) is 8.88. The largest absolute Gasteiger partial charge is 0.396 e. The zero-order valence-corrected chi connectivity index (χ0v) is 7.56. The van der Waals surface area contributed by atoms with Crippen LogP contribution in [0.2, 0.25) is 0 Å². The molecular weight excluding hydrogens is 170 g/mol. The van der Waals surface area contributed by atoms with E-state index in [4.69, 9.17) is 11.0 Å². The Morgan fingerprint density at radius 1 is 1.67 bits per heavy atom. The highest BCUT2D eigenvalue weighted by Gasteiger charge is 2.00. The van der Waals surface area contributed by atoms with Gasteiger partial charge in [0, 0.05) is 0 Å². The molecule has 0 amide bonds. The molecule has 12 heavy (non-hydrogen) atoms. The summed E-state index contributed by atoms with van der Waals surface area (Å²) in [5.41, 5.74) is 6.26. The maximum absolute atomic E-state index is 8.61. The summed E-state index contributed by atoms with van der Waals surface area (Å²) in [7, 11) is 0. The Morgan fingerprint density at radius 2 is 2.42 bits per heavy atom. The molecular formula is C8H9N3S. The van der Waals surface area contributed by atoms with Crippen LogP contribution in [0.4, 0.5) is 5.69 Å². The summed E-state index contributed by atoms with van der Waals surface area (Å²) >= 11 is 1.60. The number of pyridine rings is 1. The third-order valence-electron chi connectivity index (χ3n) is 1.30. The van der Waals surface area contributed by atoms with Crippen LogP contribution in [-0.2, 0) is 0 Å². The lowest BCUT2D eigenvalue weighted by atomic mass is 10.3. The van der Waals surface area contributed by atoms with Gasteiger partial charge in [0.05, 0.1) is 10.7 Å². The van der Waals surface area contributed by atoms with Crippen molar-refractivity contribution < 1.29 is 0 Å². The van der Waals surface area contributed by atoms with Gasteiger partial charge in [-0.15, -0.1) is 11.8 Å². The highest BCUT2D eigenvalue weighted by molar-refractivity contribution is 7.99. The molecule has 3 nitrogen and oxygen atoms in total. The lowest BCUT2D eigenvalue weighted by Crippen LogP contribution is -1.94. The summed E-state index contributed by atoms with van der Waals surface area (Å²) in [5.74, 6) is 0.946. The molecule has 0 saturated carbocycles. The van der Waals surface area contributed by atoms with Gasteiger partial charge < -0.3 is 5.73 Å². The number of anilines is 1. The average Bonchev–Trinajstić information content (AvgIpc) is 2.09. The molecule has 0 saturated heterocycles. The minimum absolute atomic E-state index is 0.313. The quantitative estimate of drug-likeness (QED) is 0.701. The second-order valence-corrected chi connectivity index (χ2v) is 3.42. The van der Waals surface area contributed by atoms with Crippen LogP contribution in [-0.4, -0.2) is 10.7 Å². The van der Waals surface area contributed by atoms with Crippen molar-refractivity contribution in [1.82, 2.24) is 4.98 Å². The average molecular weight is 179 g/mol. The fraction of sp³-hybridized carbons (Fsp3) is 0.250. The second kappa shape index (κ2) is 3.98. The number of nitrogen functional groups attached to an aromatic ring is 1. The molecule has 0 aliphatic carbocycles. The molecule has 1 rings (SSSR count). The molecule has 0 spiro atoms. The predicted octanol–water partition coefficient (Wildman–Crippen LogP) is 1.65. The van der Waals surface area contributed by atoms with Crippen LogP contribution < -0.4 is 5.73 Å². The van der Waals surface area contributed by atoms with Gasteiger partial charge in [0.25, 0.3) is 0 Å². The summed E-state index contributed by atoms with van der Waals surface area (Å²) in [4.78, 5) is 4.06. The van der Waals surface area contributed by atoms with E-state index in [2.05, 4.69) is 4.98 Å². The highest BCUT2D eigenvalue weighted by atomic mass is 32.2. The Labute approximate surface area is 75.6 Å². The van der Waals surface area contributed by atoms with Crippen molar-refractivity contribution in [1.29, 1.82) is 5.26 Å². The van der Waals surface area contributed by atoms with Crippen LogP contribution in [0.5, 0.6) is 0 Å². The predicted molar refractivity (Wildman–Crippen MR) is 49.8 cm³/mol. The van der Waals surface area contributed by atoms with E-state index < -0.39 is 0 Å². The van der Waals surface area contributed by atoms with Crippen molar-refractivity contribution in [2.45, 2.75) is 11.9 Å². The second-order valence-electron chi connectivity index (χ2n) is 2.13. The molecule has 62 valence electrons. The van der Waals surface area contributed by atoms with Gasteiger partial charge in [-0.25, -0.2) is 4.98 Å². The number of aromatic nitrogens is 1. The molecule has 0 aliphatic heterocycles. The summed E-state index contributed by atoms with van der Waals surface area (Å²) < 4.78 is 0. The molecule has 1 aromatic rings. The van der Waals surface area contributed by atoms with Gasteiger partial charge in [-0.2, -0.15) is 5.26 Å². The maximum atomic E-state index is 8.61. The topological polar surface area (TPSA) is 62.7 Å². The van der Waals surface area contributed by atoms with Crippen molar-refractivity contribution in [3.05, 3.63) is 17.8 Å². The molecule has 0 radical (unpaired) electrons. The van der Waals surface area contributed by atoms with Gasteiger partial charge in [0.2, 0.25) is 0 Å². The molecule has 1 heterocycles. The normalized spacial score (nSPS) is 9.33. The summed E-state index contributed by atoms with van der Waals surface area (Å²) in [6.07, 6.45) is 0.